The van der Waals surface area contributed by atoms with Crippen molar-refractivity contribution in [3.05, 3.63) is 303 Å². The fraction of sp³-hybridized carbons (Fsp3) is 0. The van der Waals surface area contributed by atoms with E-state index in [0.717, 1.165) is 77.3 Å². The van der Waals surface area contributed by atoms with Gasteiger partial charge >= 0.3 is 0 Å². The number of para-hydroxylation sites is 2. The van der Waals surface area contributed by atoms with Gasteiger partial charge in [-0.1, -0.05) is 237 Å². The highest BCUT2D eigenvalue weighted by molar-refractivity contribution is 6.25. The first-order valence-corrected chi connectivity index (χ1v) is 29.6. The third-order valence-electron chi connectivity index (χ3n) is 18.2. The number of furan rings is 2. The molecule has 0 radical (unpaired) electrons. The van der Waals surface area contributed by atoms with Crippen molar-refractivity contribution < 1.29 is 8.83 Å². The normalized spacial score (nSPS) is 12.0. The van der Waals surface area contributed by atoms with Gasteiger partial charge < -0.3 is 8.83 Å². The molecule has 18 rings (SSSR count). The fourth-order valence-corrected chi connectivity index (χ4v) is 14.1. The highest BCUT2D eigenvalue weighted by atomic mass is 16.3. The third-order valence-corrected chi connectivity index (χ3v) is 18.2. The van der Waals surface area contributed by atoms with Gasteiger partial charge in [-0.25, -0.2) is 0 Å². The van der Waals surface area contributed by atoms with E-state index in [1.54, 1.807) is 0 Å². The van der Waals surface area contributed by atoms with Crippen molar-refractivity contribution in [3.8, 4) is 77.9 Å². The lowest BCUT2D eigenvalue weighted by molar-refractivity contribution is 0.668. The summed E-state index contributed by atoms with van der Waals surface area (Å²) in [5, 5.41) is 19.1. The Bertz CT molecular complexity index is 5840. The molecule has 16 aromatic carbocycles. The summed E-state index contributed by atoms with van der Waals surface area (Å²) in [5.41, 5.74) is 20.2. The average Bonchev–Trinajstić information content (AvgIpc) is 1.60. The van der Waals surface area contributed by atoms with Gasteiger partial charge in [-0.05, 0) is 209 Å². The summed E-state index contributed by atoms with van der Waals surface area (Å²) < 4.78 is 12.5. The standard InChI is InChI=1S/C84H50O2/c1-3-16-55-44-63(34-30-51(55)14-1)83-68-23-6-5-22-67(68)81(54-32-28-53(29-33-54)58-38-42-79-73(47-58)65-20-9-11-26-77(65)85-79)75-49-59(36-40-71(75)83)60-37-41-72-76(50-60)84(64-35-31-52-15-2-4-17-56(52)45-64)70-25-8-7-24-69(70)82(72)62-19-13-18-57(46-62)61-39-43-80-74(48-61)66-21-10-12-27-78(66)86-80/h1-50H. The first-order valence-electron chi connectivity index (χ1n) is 29.6. The van der Waals surface area contributed by atoms with Crippen LogP contribution in [0.1, 0.15) is 0 Å². The van der Waals surface area contributed by atoms with E-state index in [-0.39, 0.29) is 0 Å². The molecule has 86 heavy (non-hydrogen) atoms. The van der Waals surface area contributed by atoms with Crippen molar-refractivity contribution in [3.63, 3.8) is 0 Å². The second kappa shape index (κ2) is 19.1. The molecule has 2 nitrogen and oxygen atoms in total. The summed E-state index contributed by atoms with van der Waals surface area (Å²) in [7, 11) is 0. The number of hydrogen-bond acceptors (Lipinski definition) is 2. The number of fused-ring (bicyclic) bond motifs is 12. The van der Waals surface area contributed by atoms with Gasteiger partial charge in [0, 0.05) is 21.5 Å². The SMILES string of the molecule is c1cc(-c2ccc3oc4ccccc4c3c2)cc(-c2c3ccccc3c(-c3ccc4ccccc4c3)c3cc(-c4ccc5c(-c6ccc7ccccc7c6)c6ccccc6c(-c6ccc(-c7ccc8oc9ccccc9c8c7)cc6)c5c4)ccc23)c1. The Morgan fingerprint density at radius 2 is 0.442 bits per heavy atom. The molecule has 0 unspecified atom stereocenters. The summed E-state index contributed by atoms with van der Waals surface area (Å²) >= 11 is 0. The molecular weight excluding hydrogens is 1040 g/mol. The third kappa shape index (κ3) is 7.67. The van der Waals surface area contributed by atoms with Crippen LogP contribution in [-0.4, -0.2) is 0 Å². The Balaban J connectivity index is 0.858. The first kappa shape index (κ1) is 48.2. The fourth-order valence-electron chi connectivity index (χ4n) is 14.1. The minimum absolute atomic E-state index is 0.896. The summed E-state index contributed by atoms with van der Waals surface area (Å²) in [5.74, 6) is 0. The molecule has 0 saturated heterocycles. The molecule has 0 aliphatic rings. The monoisotopic (exact) mass is 1090 g/mol. The molecule has 2 aromatic heterocycles. The largest absolute Gasteiger partial charge is 0.456 e. The van der Waals surface area contributed by atoms with Crippen LogP contribution in [0.4, 0.5) is 0 Å². The predicted molar refractivity (Wildman–Crippen MR) is 364 cm³/mol. The Labute approximate surface area is 495 Å². The maximum atomic E-state index is 6.28. The molecule has 0 amide bonds. The molecule has 0 aliphatic heterocycles. The summed E-state index contributed by atoms with van der Waals surface area (Å²) in [4.78, 5) is 0. The van der Waals surface area contributed by atoms with E-state index < -0.39 is 0 Å². The predicted octanol–water partition coefficient (Wildman–Crippen LogP) is 24.1. The molecule has 18 aromatic rings. The van der Waals surface area contributed by atoms with Crippen molar-refractivity contribution in [1.82, 2.24) is 0 Å². The zero-order chi connectivity index (χ0) is 56.4. The van der Waals surface area contributed by atoms with E-state index in [2.05, 4.69) is 279 Å². The van der Waals surface area contributed by atoms with Crippen molar-refractivity contribution in [2.24, 2.45) is 0 Å². The van der Waals surface area contributed by atoms with E-state index in [4.69, 9.17) is 8.83 Å². The molecule has 0 aliphatic carbocycles. The smallest absolute Gasteiger partial charge is 0.135 e. The van der Waals surface area contributed by atoms with Crippen LogP contribution in [0.3, 0.4) is 0 Å². The second-order valence-corrected chi connectivity index (χ2v) is 23.0. The number of rotatable bonds is 7. The van der Waals surface area contributed by atoms with Gasteiger partial charge in [-0.2, -0.15) is 0 Å². The van der Waals surface area contributed by atoms with Crippen LogP contribution < -0.4 is 0 Å². The molecule has 0 atom stereocenters. The van der Waals surface area contributed by atoms with E-state index in [0.29, 0.717) is 0 Å². The summed E-state index contributed by atoms with van der Waals surface area (Å²) in [6.07, 6.45) is 0. The maximum Gasteiger partial charge on any atom is 0.135 e. The van der Waals surface area contributed by atoms with Crippen LogP contribution >= 0.6 is 0 Å². The lowest BCUT2D eigenvalue weighted by Gasteiger charge is -2.20. The quantitative estimate of drug-likeness (QED) is 0.149. The number of benzene rings is 16. The average molecular weight is 1090 g/mol. The Morgan fingerprint density at radius 3 is 0.942 bits per heavy atom. The highest BCUT2D eigenvalue weighted by Crippen LogP contribution is 2.49. The van der Waals surface area contributed by atoms with Crippen LogP contribution in [-0.2, 0) is 0 Å². The van der Waals surface area contributed by atoms with Gasteiger partial charge in [0.15, 0.2) is 0 Å². The van der Waals surface area contributed by atoms with Gasteiger partial charge in [0.05, 0.1) is 0 Å². The summed E-state index contributed by atoms with van der Waals surface area (Å²) in [6.45, 7) is 0. The minimum Gasteiger partial charge on any atom is -0.456 e. The molecule has 0 fully saturated rings. The van der Waals surface area contributed by atoms with E-state index >= 15 is 0 Å². The van der Waals surface area contributed by atoms with Gasteiger partial charge in [-0.15, -0.1) is 0 Å². The zero-order valence-corrected chi connectivity index (χ0v) is 46.7. The van der Waals surface area contributed by atoms with Crippen LogP contribution in [0.25, 0.3) is 186 Å². The van der Waals surface area contributed by atoms with Crippen LogP contribution in [0.15, 0.2) is 312 Å². The maximum absolute atomic E-state index is 6.28. The molecule has 0 bridgehead atoms. The van der Waals surface area contributed by atoms with E-state index in [1.165, 1.54) is 109 Å². The molecule has 398 valence electrons. The van der Waals surface area contributed by atoms with Crippen LogP contribution in [0.2, 0.25) is 0 Å². The first-order chi connectivity index (χ1) is 42.6. The van der Waals surface area contributed by atoms with Gasteiger partial charge in [0.2, 0.25) is 0 Å². The Kier molecular flexibility index (Phi) is 10.7. The molecule has 2 heteroatoms. The Hall–Kier alpha value is -11.3. The van der Waals surface area contributed by atoms with E-state index in [1.807, 2.05) is 24.3 Å². The molecule has 2 heterocycles. The molecule has 0 saturated carbocycles. The van der Waals surface area contributed by atoms with Gasteiger partial charge in [0.25, 0.3) is 0 Å². The van der Waals surface area contributed by atoms with Crippen molar-refractivity contribution in [2.45, 2.75) is 0 Å². The van der Waals surface area contributed by atoms with Gasteiger partial charge in [0.1, 0.15) is 22.3 Å². The van der Waals surface area contributed by atoms with Crippen LogP contribution in [0.5, 0.6) is 0 Å². The zero-order valence-electron chi connectivity index (χ0n) is 46.7. The van der Waals surface area contributed by atoms with E-state index in [9.17, 15) is 0 Å². The Morgan fingerprint density at radius 1 is 0.140 bits per heavy atom. The van der Waals surface area contributed by atoms with Crippen LogP contribution in [0, 0.1) is 0 Å². The molecular formula is C84H50O2. The lowest BCUT2D eigenvalue weighted by Crippen LogP contribution is -1.93. The molecule has 0 spiro atoms. The highest BCUT2D eigenvalue weighted by Gasteiger charge is 2.22. The topological polar surface area (TPSA) is 26.3 Å². The minimum atomic E-state index is 0.896. The van der Waals surface area contributed by atoms with Crippen molar-refractivity contribution in [2.75, 3.05) is 0 Å². The summed E-state index contributed by atoms with van der Waals surface area (Å²) in [6, 6.07) is 112. The van der Waals surface area contributed by atoms with Crippen molar-refractivity contribution in [1.29, 1.82) is 0 Å². The number of hydrogen-bond donors (Lipinski definition) is 0. The lowest BCUT2D eigenvalue weighted by atomic mass is 9.83. The molecule has 0 N–H and O–H groups in total. The van der Waals surface area contributed by atoms with Crippen molar-refractivity contribution >= 4 is 109 Å². The second-order valence-electron chi connectivity index (χ2n) is 23.0. The van der Waals surface area contributed by atoms with Gasteiger partial charge in [-0.3, -0.25) is 0 Å².